The van der Waals surface area contributed by atoms with Gasteiger partial charge in [0.1, 0.15) is 0 Å². The van der Waals surface area contributed by atoms with E-state index in [1.165, 1.54) is 0 Å². The van der Waals surface area contributed by atoms with Crippen LogP contribution in [-0.2, 0) is 4.79 Å². The van der Waals surface area contributed by atoms with Crippen molar-refractivity contribution < 1.29 is 9.90 Å². The number of piperidine rings is 1. The topological polar surface area (TPSA) is 49.3 Å². The van der Waals surface area contributed by atoms with Crippen LogP contribution >= 0.6 is 0 Å². The van der Waals surface area contributed by atoms with E-state index < -0.39 is 5.97 Å². The Morgan fingerprint density at radius 2 is 2.30 bits per heavy atom. The summed E-state index contributed by atoms with van der Waals surface area (Å²) in [6, 6.07) is 0. The Labute approximate surface area is 60.4 Å². The first-order valence-electron chi connectivity index (χ1n) is 3.63. The molecule has 0 amide bonds. The Bertz CT molecular complexity index is 136. The number of nitrogens with one attached hydrogen (secondary N) is 1. The van der Waals surface area contributed by atoms with Gasteiger partial charge in [0.05, 0.1) is 5.92 Å². The summed E-state index contributed by atoms with van der Waals surface area (Å²) in [7, 11) is 0. The summed E-state index contributed by atoms with van der Waals surface area (Å²) in [5.74, 6) is -0.322. The molecule has 2 N–H and O–H groups in total. The summed E-state index contributed by atoms with van der Waals surface area (Å²) in [4.78, 5) is 10.5. The van der Waals surface area contributed by atoms with E-state index in [0.717, 1.165) is 13.0 Å². The predicted molar refractivity (Wildman–Crippen MR) is 37.8 cm³/mol. The second-order valence-corrected chi connectivity index (χ2v) is 3.03. The van der Waals surface area contributed by atoms with E-state index in [0.29, 0.717) is 12.5 Å². The van der Waals surface area contributed by atoms with Crippen LogP contribution in [0.1, 0.15) is 13.3 Å². The minimum Gasteiger partial charge on any atom is -0.481 e. The van der Waals surface area contributed by atoms with Gasteiger partial charge in [0, 0.05) is 6.54 Å². The van der Waals surface area contributed by atoms with Gasteiger partial charge in [-0.25, -0.2) is 0 Å². The van der Waals surface area contributed by atoms with Gasteiger partial charge in [-0.1, -0.05) is 6.92 Å². The van der Waals surface area contributed by atoms with E-state index in [1.54, 1.807) is 0 Å². The molecule has 58 valence electrons. The maximum absolute atomic E-state index is 10.5. The van der Waals surface area contributed by atoms with Crippen LogP contribution < -0.4 is 5.32 Å². The lowest BCUT2D eigenvalue weighted by Crippen LogP contribution is -2.38. The molecule has 1 heterocycles. The van der Waals surface area contributed by atoms with Gasteiger partial charge in [0.15, 0.2) is 0 Å². The zero-order valence-corrected chi connectivity index (χ0v) is 6.13. The van der Waals surface area contributed by atoms with E-state index in [-0.39, 0.29) is 5.92 Å². The molecule has 0 bridgehead atoms. The second kappa shape index (κ2) is 3.01. The van der Waals surface area contributed by atoms with Crippen LogP contribution in [0.25, 0.3) is 0 Å². The minimum absolute atomic E-state index is 0.163. The molecule has 1 aliphatic heterocycles. The highest BCUT2D eigenvalue weighted by Gasteiger charge is 2.23. The predicted octanol–water partition coefficient (Wildman–Crippen LogP) is 0.317. The van der Waals surface area contributed by atoms with Gasteiger partial charge in [-0.05, 0) is 18.9 Å². The standard InChI is InChI=1S/C7H13NO2/c1-5-2-6(7(9)10)4-8-3-5/h5-6,8H,2-4H2,1H3,(H,9,10). The molecule has 0 aliphatic carbocycles. The smallest absolute Gasteiger partial charge is 0.307 e. The highest BCUT2D eigenvalue weighted by atomic mass is 16.4. The Morgan fingerprint density at radius 3 is 2.70 bits per heavy atom. The largest absolute Gasteiger partial charge is 0.481 e. The highest BCUT2D eigenvalue weighted by molar-refractivity contribution is 5.70. The van der Waals surface area contributed by atoms with E-state index in [4.69, 9.17) is 5.11 Å². The zero-order valence-electron chi connectivity index (χ0n) is 6.13. The third-order valence-corrected chi connectivity index (χ3v) is 1.92. The van der Waals surface area contributed by atoms with Crippen molar-refractivity contribution in [2.45, 2.75) is 13.3 Å². The van der Waals surface area contributed by atoms with Crippen LogP contribution in [0.3, 0.4) is 0 Å². The minimum atomic E-state index is -0.668. The lowest BCUT2D eigenvalue weighted by molar-refractivity contribution is -0.142. The molecular formula is C7H13NO2. The maximum atomic E-state index is 10.5. The first kappa shape index (κ1) is 7.54. The molecule has 1 fully saturated rings. The van der Waals surface area contributed by atoms with Crippen molar-refractivity contribution in [1.29, 1.82) is 0 Å². The lowest BCUT2D eigenvalue weighted by Gasteiger charge is -2.24. The quantitative estimate of drug-likeness (QED) is 0.555. The molecule has 3 nitrogen and oxygen atoms in total. The number of carboxylic acids is 1. The number of hydrogen-bond acceptors (Lipinski definition) is 2. The molecule has 2 atom stereocenters. The number of carbonyl (C=O) groups is 1. The second-order valence-electron chi connectivity index (χ2n) is 3.03. The van der Waals surface area contributed by atoms with E-state index in [1.807, 2.05) is 0 Å². The van der Waals surface area contributed by atoms with Crippen molar-refractivity contribution in [3.05, 3.63) is 0 Å². The van der Waals surface area contributed by atoms with Gasteiger partial charge in [-0.3, -0.25) is 4.79 Å². The van der Waals surface area contributed by atoms with Gasteiger partial charge >= 0.3 is 5.97 Å². The molecule has 0 aromatic heterocycles. The fourth-order valence-electron chi connectivity index (χ4n) is 1.34. The van der Waals surface area contributed by atoms with Crippen LogP contribution in [-0.4, -0.2) is 24.2 Å². The molecule has 0 saturated carbocycles. The Balaban J connectivity index is 2.39. The van der Waals surface area contributed by atoms with Crippen molar-refractivity contribution in [2.24, 2.45) is 11.8 Å². The third kappa shape index (κ3) is 1.70. The molecule has 0 aromatic carbocycles. The van der Waals surface area contributed by atoms with Gasteiger partial charge in [-0.15, -0.1) is 0 Å². The molecule has 0 radical (unpaired) electrons. The van der Waals surface area contributed by atoms with Crippen LogP contribution in [0.15, 0.2) is 0 Å². The number of carboxylic acid groups (broad SMARTS) is 1. The van der Waals surface area contributed by atoms with E-state index >= 15 is 0 Å². The Hall–Kier alpha value is -0.570. The average molecular weight is 143 g/mol. The molecule has 1 saturated heterocycles. The normalized spacial score (nSPS) is 33.7. The van der Waals surface area contributed by atoms with Crippen molar-refractivity contribution >= 4 is 5.97 Å². The van der Waals surface area contributed by atoms with Crippen molar-refractivity contribution in [1.82, 2.24) is 5.32 Å². The van der Waals surface area contributed by atoms with Crippen LogP contribution in [0.2, 0.25) is 0 Å². The van der Waals surface area contributed by atoms with Gasteiger partial charge in [-0.2, -0.15) is 0 Å². The molecule has 0 aromatic rings. The third-order valence-electron chi connectivity index (χ3n) is 1.92. The first-order valence-corrected chi connectivity index (χ1v) is 3.63. The molecule has 3 heteroatoms. The van der Waals surface area contributed by atoms with Crippen molar-refractivity contribution in [2.75, 3.05) is 13.1 Å². The summed E-state index contributed by atoms with van der Waals surface area (Å²) in [6.07, 6.45) is 0.822. The average Bonchev–Trinajstić information content (AvgIpc) is 1.88. The molecular weight excluding hydrogens is 130 g/mol. The fraction of sp³-hybridized carbons (Fsp3) is 0.857. The maximum Gasteiger partial charge on any atom is 0.307 e. The lowest BCUT2D eigenvalue weighted by atomic mass is 9.92. The van der Waals surface area contributed by atoms with E-state index in [2.05, 4.69) is 12.2 Å². The molecule has 1 aliphatic rings. The van der Waals surface area contributed by atoms with Crippen LogP contribution in [0.5, 0.6) is 0 Å². The molecule has 2 unspecified atom stereocenters. The van der Waals surface area contributed by atoms with Gasteiger partial charge < -0.3 is 10.4 Å². The number of hydrogen-bond donors (Lipinski definition) is 2. The summed E-state index contributed by atoms with van der Waals surface area (Å²) < 4.78 is 0. The fourth-order valence-corrected chi connectivity index (χ4v) is 1.34. The number of rotatable bonds is 1. The summed E-state index contributed by atoms with van der Waals surface area (Å²) >= 11 is 0. The first-order chi connectivity index (χ1) is 4.70. The SMILES string of the molecule is CC1CNCC(C(=O)O)C1. The Kier molecular flexibility index (Phi) is 2.27. The highest BCUT2D eigenvalue weighted by Crippen LogP contribution is 2.15. The number of aliphatic carboxylic acids is 1. The van der Waals surface area contributed by atoms with Gasteiger partial charge in [0.25, 0.3) is 0 Å². The zero-order chi connectivity index (χ0) is 7.56. The summed E-state index contributed by atoms with van der Waals surface area (Å²) in [5, 5.41) is 11.7. The Morgan fingerprint density at radius 1 is 1.60 bits per heavy atom. The molecule has 0 spiro atoms. The monoisotopic (exact) mass is 143 g/mol. The van der Waals surface area contributed by atoms with Crippen molar-refractivity contribution in [3.8, 4) is 0 Å². The summed E-state index contributed by atoms with van der Waals surface area (Å²) in [5.41, 5.74) is 0. The van der Waals surface area contributed by atoms with Crippen LogP contribution in [0.4, 0.5) is 0 Å². The van der Waals surface area contributed by atoms with Gasteiger partial charge in [0.2, 0.25) is 0 Å². The van der Waals surface area contributed by atoms with E-state index in [9.17, 15) is 4.79 Å². The van der Waals surface area contributed by atoms with Crippen LogP contribution in [0, 0.1) is 11.8 Å². The molecule has 10 heavy (non-hydrogen) atoms. The van der Waals surface area contributed by atoms with Crippen molar-refractivity contribution in [3.63, 3.8) is 0 Å². The summed E-state index contributed by atoms with van der Waals surface area (Å²) in [6.45, 7) is 3.67. The molecule has 1 rings (SSSR count).